The van der Waals surface area contributed by atoms with Gasteiger partial charge in [0.15, 0.2) is 0 Å². The highest BCUT2D eigenvalue weighted by molar-refractivity contribution is 9.10. The minimum absolute atomic E-state index is 0. The summed E-state index contributed by atoms with van der Waals surface area (Å²) in [6.07, 6.45) is 9.90. The van der Waals surface area contributed by atoms with Crippen LogP contribution in [-0.4, -0.2) is 69.0 Å². The molecular weight excluding hydrogens is 931 g/mol. The molecule has 14 nitrogen and oxygen atoms in total. The number of fused-ring (bicyclic) bond motifs is 2. The Hall–Kier alpha value is -5.03. The summed E-state index contributed by atoms with van der Waals surface area (Å²) in [4.78, 5) is 17.1. The van der Waals surface area contributed by atoms with Crippen LogP contribution in [-0.2, 0) is 9.31 Å². The predicted octanol–water partition coefficient (Wildman–Crippen LogP) is 12.1. The summed E-state index contributed by atoms with van der Waals surface area (Å²) >= 11 is 3.50. The van der Waals surface area contributed by atoms with Crippen molar-refractivity contribution in [3.8, 4) is 33.4 Å². The molecule has 0 bridgehead atoms. The molecule has 17 heteroatoms. The van der Waals surface area contributed by atoms with Crippen LogP contribution in [0.3, 0.4) is 0 Å². The van der Waals surface area contributed by atoms with Gasteiger partial charge in [0.25, 0.3) is 0 Å². The summed E-state index contributed by atoms with van der Waals surface area (Å²) in [6.45, 7) is 20.3. The van der Waals surface area contributed by atoms with Gasteiger partial charge in [-0.1, -0.05) is 16.4 Å². The van der Waals surface area contributed by atoms with E-state index in [1.807, 2.05) is 34.6 Å². The van der Waals surface area contributed by atoms with E-state index in [0.717, 1.165) is 107 Å². The van der Waals surface area contributed by atoms with Crippen LogP contribution in [0.15, 0.2) is 37.8 Å². The molecule has 0 spiro atoms. The lowest BCUT2D eigenvalue weighted by Crippen LogP contribution is -2.41. The number of nitrogens with one attached hydrogen (secondary N) is 4. The predicted molar refractivity (Wildman–Crippen MR) is 266 cm³/mol. The van der Waals surface area contributed by atoms with Crippen molar-refractivity contribution in [1.29, 1.82) is 0 Å². The van der Waals surface area contributed by atoms with Crippen LogP contribution in [0.2, 0.25) is 0 Å². The quantitative estimate of drug-likeness (QED) is 0.107. The third kappa shape index (κ3) is 8.50. The molecule has 4 N–H and O–H groups in total. The summed E-state index contributed by atoms with van der Waals surface area (Å²) in [7, 11) is -0.469. The second-order valence-corrected chi connectivity index (χ2v) is 21.2. The largest absolute Gasteiger partial charge is 0.497 e. The summed E-state index contributed by atoms with van der Waals surface area (Å²) in [5.41, 5.74) is 17.3. The summed E-state index contributed by atoms with van der Waals surface area (Å²) < 4.78 is 24.8. The molecule has 0 amide bonds. The summed E-state index contributed by atoms with van der Waals surface area (Å²) in [6, 6.07) is 8.69. The summed E-state index contributed by atoms with van der Waals surface area (Å²) in [5, 5.41) is 23.3. The maximum atomic E-state index is 6.36. The van der Waals surface area contributed by atoms with Crippen LogP contribution in [0, 0.1) is 41.5 Å². The van der Waals surface area contributed by atoms with Crippen molar-refractivity contribution in [3.05, 3.63) is 86.1 Å². The maximum Gasteiger partial charge on any atom is 0.497 e. The number of aromatic nitrogens is 10. The van der Waals surface area contributed by atoms with E-state index in [1.165, 1.54) is 72.8 Å². The smallest absolute Gasteiger partial charge is 0.399 e. The van der Waals surface area contributed by atoms with Crippen LogP contribution in [0.25, 0.3) is 55.4 Å². The van der Waals surface area contributed by atoms with Gasteiger partial charge in [-0.15, -0.1) is 12.4 Å². The topological polar surface area (TPSA) is 185 Å². The molecule has 4 aliphatic carbocycles. The number of hydrogen-bond acceptors (Lipinski definition) is 10. The number of aromatic amines is 4. The Kier molecular flexibility index (Phi) is 11.5. The summed E-state index contributed by atoms with van der Waals surface area (Å²) in [5.74, 6) is 6.25. The van der Waals surface area contributed by atoms with E-state index in [0.29, 0.717) is 17.8 Å². The highest BCUT2D eigenvalue weighted by Gasteiger charge is 2.52. The van der Waals surface area contributed by atoms with Crippen molar-refractivity contribution in [2.24, 2.45) is 0 Å². The Morgan fingerprint density at radius 3 is 1.52 bits per heavy atom. The molecule has 1 saturated heterocycles. The first-order chi connectivity index (χ1) is 31.5. The molecule has 2 aromatic carbocycles. The van der Waals surface area contributed by atoms with Crippen LogP contribution < -0.4 is 5.46 Å². The Bertz CT molecular complexity index is 3100. The molecule has 7 heterocycles. The van der Waals surface area contributed by atoms with Crippen molar-refractivity contribution in [2.45, 2.75) is 155 Å². The van der Waals surface area contributed by atoms with Crippen molar-refractivity contribution in [2.75, 3.05) is 0 Å². The highest BCUT2D eigenvalue weighted by Crippen LogP contribution is 2.48. The lowest BCUT2D eigenvalue weighted by Gasteiger charge is -2.32. The Morgan fingerprint density at radius 1 is 0.582 bits per heavy atom. The number of halogens is 2. The van der Waals surface area contributed by atoms with Crippen molar-refractivity contribution in [3.63, 3.8) is 0 Å². The van der Waals surface area contributed by atoms with Crippen LogP contribution in [0.5, 0.6) is 0 Å². The molecule has 350 valence electrons. The zero-order chi connectivity index (χ0) is 46.0. The number of hydrogen-bond donors (Lipinski definition) is 4. The van der Waals surface area contributed by atoms with E-state index in [-0.39, 0.29) is 12.4 Å². The fraction of sp³-hybridized carbons (Fsp3) is 0.480. The van der Waals surface area contributed by atoms with E-state index < -0.39 is 18.3 Å². The molecule has 0 radical (unpaired) electrons. The van der Waals surface area contributed by atoms with E-state index in [9.17, 15) is 0 Å². The van der Waals surface area contributed by atoms with E-state index in [4.69, 9.17) is 28.3 Å². The number of nitrogens with zero attached hydrogens (tertiary/aromatic N) is 6. The minimum Gasteiger partial charge on any atom is -0.399 e. The average Bonchev–Trinajstić information content (AvgIpc) is 4.17. The number of H-pyrrole nitrogens is 4. The first kappa shape index (κ1) is 45.7. The molecule has 1 aliphatic heterocycles. The fourth-order valence-electron chi connectivity index (χ4n) is 9.32. The first-order valence-corrected chi connectivity index (χ1v) is 24.4. The van der Waals surface area contributed by atoms with Gasteiger partial charge in [-0.3, -0.25) is 10.2 Å². The number of rotatable bonds is 8. The Morgan fingerprint density at radius 2 is 1.04 bits per heavy atom. The second-order valence-electron chi connectivity index (χ2n) is 20.4. The fourth-order valence-corrected chi connectivity index (χ4v) is 9.82. The standard InChI is InChI=1S/C22H23N5O.C21H26BN3O3.C7H9BrN2.ClH/c1-10-19(20(26-25-10)13-4-5-13)16-8-15(18-11(2)27-28-12(18)3)9-17-21(16)24-22(23-17)14-6-7-14;1-11-17(12(2)26-25-11)14-9-15(22-27-20(3,4)21(5,6)28-22)18-16(10-14)23-19(24-18)13-7-8-13;1-4-6(8)7(10-9-4)5-2-3-5;/h8-9,13-14H,4-7H2,1-3H3,(H,23,24)(H,25,26);9-10,13H,7-8H2,1-6H3,(H,23,24);5H,2-3H2,1H3,(H,9,10);1H. The van der Waals surface area contributed by atoms with Gasteiger partial charge in [0.1, 0.15) is 23.2 Å². The maximum absolute atomic E-state index is 6.36. The van der Waals surface area contributed by atoms with Gasteiger partial charge in [0, 0.05) is 62.8 Å². The SMILES string of the molecule is Cc1[nH]nc(C2CC2)c1Br.Cc1noc(C)c1-c1cc(-c2c(C3CC3)n[nH]c2C)c2nc(C3CC3)[nH]c2c1.Cc1noc(C)c1-c1cc(B2OC(C)(C)C(C)(C)O2)c2nc(C3CC3)[nH]c2c1.Cl. The molecule has 6 aromatic heterocycles. The Balaban J connectivity index is 0.000000128. The van der Waals surface area contributed by atoms with Gasteiger partial charge in [0.05, 0.1) is 60.5 Å². The van der Waals surface area contributed by atoms with Crippen molar-refractivity contribution in [1.82, 2.24) is 50.6 Å². The van der Waals surface area contributed by atoms with E-state index in [1.54, 1.807) is 0 Å². The Labute approximate surface area is 405 Å². The van der Waals surface area contributed by atoms with Gasteiger partial charge < -0.3 is 28.3 Å². The van der Waals surface area contributed by atoms with Gasteiger partial charge in [-0.25, -0.2) is 9.97 Å². The van der Waals surface area contributed by atoms with E-state index >= 15 is 0 Å². The molecular formula is C50H59BBrClN10O4. The molecule has 67 heavy (non-hydrogen) atoms. The monoisotopic (exact) mass is 988 g/mol. The van der Waals surface area contributed by atoms with Crippen LogP contribution >= 0.6 is 28.3 Å². The van der Waals surface area contributed by atoms with Crippen LogP contribution in [0.1, 0.15) is 160 Å². The third-order valence-electron chi connectivity index (χ3n) is 14.4. The molecule has 4 saturated carbocycles. The van der Waals surface area contributed by atoms with Crippen LogP contribution in [0.4, 0.5) is 0 Å². The lowest BCUT2D eigenvalue weighted by molar-refractivity contribution is 0.00578. The second kappa shape index (κ2) is 16.9. The van der Waals surface area contributed by atoms with Gasteiger partial charge in [0.2, 0.25) is 0 Å². The molecule has 8 aromatic rings. The van der Waals surface area contributed by atoms with Crippen molar-refractivity contribution < 1.29 is 18.4 Å². The van der Waals surface area contributed by atoms with Gasteiger partial charge in [-0.2, -0.15) is 10.2 Å². The highest BCUT2D eigenvalue weighted by atomic mass is 79.9. The molecule has 13 rings (SSSR count). The average molecular weight is 990 g/mol. The third-order valence-corrected chi connectivity index (χ3v) is 15.4. The molecule has 5 fully saturated rings. The zero-order valence-electron chi connectivity index (χ0n) is 40.0. The van der Waals surface area contributed by atoms with Gasteiger partial charge >= 0.3 is 7.12 Å². The number of imidazole rings is 2. The number of aryl methyl sites for hydroxylation is 6. The first-order valence-electron chi connectivity index (χ1n) is 23.6. The number of benzene rings is 2. The van der Waals surface area contributed by atoms with Gasteiger partial charge in [-0.05, 0) is 166 Å². The zero-order valence-corrected chi connectivity index (χ0v) is 42.4. The lowest BCUT2D eigenvalue weighted by atomic mass is 9.76. The minimum atomic E-state index is -0.469. The molecule has 5 aliphatic rings. The molecule has 0 unspecified atom stereocenters. The molecule has 0 atom stereocenters. The normalized spacial score (nSPS) is 18.5. The van der Waals surface area contributed by atoms with E-state index in [2.05, 4.69) is 115 Å². The van der Waals surface area contributed by atoms with Crippen molar-refractivity contribution >= 4 is 63.0 Å².